The molecule has 106 valence electrons. The number of nitrogens with zero attached hydrogens (tertiary/aromatic N) is 1. The van der Waals surface area contributed by atoms with E-state index in [0.29, 0.717) is 12.0 Å². The van der Waals surface area contributed by atoms with E-state index < -0.39 is 0 Å². The van der Waals surface area contributed by atoms with E-state index in [1.807, 2.05) is 0 Å². The van der Waals surface area contributed by atoms with E-state index in [1.54, 1.807) is 4.90 Å². The average Bonchev–Trinajstić information content (AvgIpc) is 2.34. The first-order valence-electron chi connectivity index (χ1n) is 6.95. The van der Waals surface area contributed by atoms with Gasteiger partial charge in [0, 0.05) is 32.3 Å². The largest absolute Gasteiger partial charge is 0.380 e. The lowest BCUT2D eigenvalue weighted by Gasteiger charge is -2.31. The number of carbonyl (C=O) groups excluding carboxylic acids is 1. The van der Waals surface area contributed by atoms with Crippen LogP contribution in [0.1, 0.15) is 33.1 Å². The topological polar surface area (TPSA) is 67.6 Å². The van der Waals surface area contributed by atoms with Gasteiger partial charge in [0.05, 0.1) is 6.61 Å². The quantitative estimate of drug-likeness (QED) is 0.673. The second-order valence-electron chi connectivity index (χ2n) is 5.35. The molecule has 0 spiro atoms. The number of hydrogen-bond acceptors (Lipinski definition) is 3. The molecule has 0 aromatic heterocycles. The zero-order valence-electron chi connectivity index (χ0n) is 11.7. The molecule has 18 heavy (non-hydrogen) atoms. The van der Waals surface area contributed by atoms with E-state index in [9.17, 15) is 4.79 Å². The predicted octanol–water partition coefficient (Wildman–Crippen LogP) is 1.18. The maximum Gasteiger partial charge on any atom is 0.314 e. The first kappa shape index (κ1) is 15.2. The summed E-state index contributed by atoms with van der Waals surface area (Å²) in [6.07, 6.45) is 3.08. The molecular weight excluding hydrogens is 230 g/mol. The van der Waals surface area contributed by atoms with E-state index in [1.165, 1.54) is 0 Å². The standard InChI is InChI=1S/C13H27N3O2/c1-11(2)5-9-18-10-6-15-12-3-7-16(8-4-12)13(14)17/h11-12,15H,3-10H2,1-2H3,(H2,14,17). The zero-order chi connectivity index (χ0) is 13.4. The maximum absolute atomic E-state index is 11.0. The summed E-state index contributed by atoms with van der Waals surface area (Å²) >= 11 is 0. The lowest BCUT2D eigenvalue weighted by Crippen LogP contribution is -2.47. The van der Waals surface area contributed by atoms with Gasteiger partial charge in [0.1, 0.15) is 0 Å². The van der Waals surface area contributed by atoms with Gasteiger partial charge in [-0.1, -0.05) is 13.8 Å². The third kappa shape index (κ3) is 6.21. The van der Waals surface area contributed by atoms with Gasteiger partial charge in [0.2, 0.25) is 0 Å². The fourth-order valence-corrected chi connectivity index (χ4v) is 2.06. The minimum Gasteiger partial charge on any atom is -0.380 e. The Hall–Kier alpha value is -0.810. The number of piperidine rings is 1. The van der Waals surface area contributed by atoms with Gasteiger partial charge >= 0.3 is 6.03 Å². The summed E-state index contributed by atoms with van der Waals surface area (Å²) < 4.78 is 5.55. The van der Waals surface area contributed by atoms with Crippen molar-refractivity contribution in [1.82, 2.24) is 10.2 Å². The van der Waals surface area contributed by atoms with Gasteiger partial charge in [-0.15, -0.1) is 0 Å². The van der Waals surface area contributed by atoms with Gasteiger partial charge in [0.15, 0.2) is 0 Å². The normalized spacial score (nSPS) is 17.4. The summed E-state index contributed by atoms with van der Waals surface area (Å²) in [6.45, 7) is 8.44. The van der Waals surface area contributed by atoms with Crippen molar-refractivity contribution in [3.63, 3.8) is 0 Å². The number of urea groups is 1. The number of carbonyl (C=O) groups is 1. The second kappa shape index (κ2) is 8.32. The van der Waals surface area contributed by atoms with Gasteiger partial charge in [0.25, 0.3) is 0 Å². The van der Waals surface area contributed by atoms with Crippen LogP contribution < -0.4 is 11.1 Å². The molecule has 1 heterocycles. The summed E-state index contributed by atoms with van der Waals surface area (Å²) in [7, 11) is 0. The third-order valence-electron chi connectivity index (χ3n) is 3.33. The summed E-state index contributed by atoms with van der Waals surface area (Å²) in [5.41, 5.74) is 5.24. The van der Waals surface area contributed by atoms with E-state index in [0.717, 1.165) is 52.1 Å². The second-order valence-corrected chi connectivity index (χ2v) is 5.35. The molecular formula is C13H27N3O2. The number of ether oxygens (including phenoxy) is 1. The molecule has 0 aromatic carbocycles. The number of nitrogens with two attached hydrogens (primary N) is 1. The van der Waals surface area contributed by atoms with Crippen molar-refractivity contribution < 1.29 is 9.53 Å². The van der Waals surface area contributed by atoms with Gasteiger partial charge in [-0.2, -0.15) is 0 Å². The highest BCUT2D eigenvalue weighted by Crippen LogP contribution is 2.09. The fourth-order valence-electron chi connectivity index (χ4n) is 2.06. The Morgan fingerprint density at radius 1 is 1.39 bits per heavy atom. The molecule has 5 heteroatoms. The molecule has 0 atom stereocenters. The van der Waals surface area contributed by atoms with Crippen LogP contribution >= 0.6 is 0 Å². The minimum absolute atomic E-state index is 0.300. The van der Waals surface area contributed by atoms with Crippen LogP contribution in [-0.4, -0.2) is 49.8 Å². The summed E-state index contributed by atoms with van der Waals surface area (Å²) in [5, 5.41) is 3.47. The van der Waals surface area contributed by atoms with E-state index in [2.05, 4.69) is 19.2 Å². The molecule has 3 N–H and O–H groups in total. The Balaban J connectivity index is 1.96. The Morgan fingerprint density at radius 2 is 2.06 bits per heavy atom. The van der Waals surface area contributed by atoms with Crippen molar-refractivity contribution in [2.24, 2.45) is 11.7 Å². The summed E-state index contributed by atoms with van der Waals surface area (Å²) in [6, 6.07) is 0.194. The van der Waals surface area contributed by atoms with E-state index in [4.69, 9.17) is 10.5 Å². The first-order valence-corrected chi connectivity index (χ1v) is 6.95. The van der Waals surface area contributed by atoms with Crippen LogP contribution in [0.5, 0.6) is 0 Å². The third-order valence-corrected chi connectivity index (χ3v) is 3.33. The molecule has 1 aliphatic rings. The van der Waals surface area contributed by atoms with E-state index in [-0.39, 0.29) is 6.03 Å². The number of nitrogens with one attached hydrogen (secondary N) is 1. The van der Waals surface area contributed by atoms with Crippen molar-refractivity contribution >= 4 is 6.03 Å². The molecule has 1 rings (SSSR count). The van der Waals surface area contributed by atoms with Gasteiger partial charge < -0.3 is 20.7 Å². The fraction of sp³-hybridized carbons (Fsp3) is 0.923. The zero-order valence-corrected chi connectivity index (χ0v) is 11.7. The van der Waals surface area contributed by atoms with Gasteiger partial charge in [-0.3, -0.25) is 0 Å². The molecule has 0 saturated carbocycles. The average molecular weight is 257 g/mol. The van der Waals surface area contributed by atoms with Crippen molar-refractivity contribution in [2.45, 2.75) is 39.2 Å². The number of likely N-dealkylation sites (tertiary alicyclic amines) is 1. The smallest absolute Gasteiger partial charge is 0.314 e. The van der Waals surface area contributed by atoms with Gasteiger partial charge in [-0.25, -0.2) is 4.79 Å². The Morgan fingerprint density at radius 3 is 2.61 bits per heavy atom. The summed E-state index contributed by atoms with van der Waals surface area (Å²) in [5.74, 6) is 0.705. The number of primary amides is 1. The Labute approximate surface area is 110 Å². The van der Waals surface area contributed by atoms with Crippen LogP contribution in [0, 0.1) is 5.92 Å². The van der Waals surface area contributed by atoms with Crippen LogP contribution in [0.2, 0.25) is 0 Å². The maximum atomic E-state index is 11.0. The molecule has 1 fully saturated rings. The van der Waals surface area contributed by atoms with Gasteiger partial charge in [-0.05, 0) is 25.2 Å². The lowest BCUT2D eigenvalue weighted by atomic mass is 10.1. The number of amides is 2. The predicted molar refractivity (Wildman–Crippen MR) is 72.5 cm³/mol. The molecule has 0 bridgehead atoms. The monoisotopic (exact) mass is 257 g/mol. The minimum atomic E-state index is -0.300. The molecule has 1 aliphatic heterocycles. The molecule has 2 amide bonds. The van der Waals surface area contributed by atoms with Crippen molar-refractivity contribution in [2.75, 3.05) is 32.8 Å². The van der Waals surface area contributed by atoms with Crippen LogP contribution in [0.15, 0.2) is 0 Å². The highest BCUT2D eigenvalue weighted by molar-refractivity contribution is 5.72. The SMILES string of the molecule is CC(C)CCOCCNC1CCN(C(N)=O)CC1. The Bertz CT molecular complexity index is 238. The van der Waals surface area contributed by atoms with Crippen molar-refractivity contribution in [3.8, 4) is 0 Å². The molecule has 1 saturated heterocycles. The van der Waals surface area contributed by atoms with Crippen LogP contribution in [-0.2, 0) is 4.74 Å². The number of rotatable bonds is 7. The number of hydrogen-bond donors (Lipinski definition) is 2. The lowest BCUT2D eigenvalue weighted by molar-refractivity contribution is 0.120. The van der Waals surface area contributed by atoms with Crippen LogP contribution in [0.25, 0.3) is 0 Å². The molecule has 5 nitrogen and oxygen atoms in total. The van der Waals surface area contributed by atoms with Crippen molar-refractivity contribution in [3.05, 3.63) is 0 Å². The summed E-state index contributed by atoms with van der Waals surface area (Å²) in [4.78, 5) is 12.7. The van der Waals surface area contributed by atoms with Crippen LogP contribution in [0.3, 0.4) is 0 Å². The first-order chi connectivity index (χ1) is 8.59. The molecule has 0 aliphatic carbocycles. The molecule has 0 aromatic rings. The highest BCUT2D eigenvalue weighted by atomic mass is 16.5. The highest BCUT2D eigenvalue weighted by Gasteiger charge is 2.20. The van der Waals surface area contributed by atoms with E-state index >= 15 is 0 Å². The molecule has 0 unspecified atom stereocenters. The van der Waals surface area contributed by atoms with Crippen LogP contribution in [0.4, 0.5) is 4.79 Å². The van der Waals surface area contributed by atoms with Crippen molar-refractivity contribution in [1.29, 1.82) is 0 Å². The Kier molecular flexibility index (Phi) is 7.05. The molecule has 0 radical (unpaired) electrons.